The van der Waals surface area contributed by atoms with Crippen LogP contribution in [0, 0.1) is 5.41 Å². The predicted molar refractivity (Wildman–Crippen MR) is 71.5 cm³/mol. The van der Waals surface area contributed by atoms with Crippen molar-refractivity contribution < 1.29 is 22.7 Å². The average molecular weight is 315 g/mol. The van der Waals surface area contributed by atoms with Gasteiger partial charge in [-0.25, -0.2) is 4.79 Å². The maximum atomic E-state index is 12.8. The van der Waals surface area contributed by atoms with Crippen molar-refractivity contribution in [3.8, 4) is 0 Å². The van der Waals surface area contributed by atoms with Crippen molar-refractivity contribution >= 4 is 11.8 Å². The van der Waals surface area contributed by atoms with Gasteiger partial charge >= 0.3 is 12.1 Å². The number of carbonyl (C=O) groups is 1. The molecule has 1 aromatic heterocycles. The molecule has 1 aromatic rings. The van der Waals surface area contributed by atoms with Gasteiger partial charge in [0.25, 0.3) is 0 Å². The first-order valence-electron chi connectivity index (χ1n) is 7.13. The number of anilines is 1. The van der Waals surface area contributed by atoms with E-state index in [0.29, 0.717) is 18.5 Å². The summed E-state index contributed by atoms with van der Waals surface area (Å²) in [6.45, 7) is 1.34. The third-order valence-corrected chi connectivity index (χ3v) is 4.55. The Hall–Kier alpha value is -1.86. The van der Waals surface area contributed by atoms with E-state index in [9.17, 15) is 18.0 Å². The highest BCUT2D eigenvalue weighted by molar-refractivity contribution is 5.94. The highest BCUT2D eigenvalue weighted by Crippen LogP contribution is 2.53. The molecule has 0 unspecified atom stereocenters. The summed E-state index contributed by atoms with van der Waals surface area (Å²) in [6, 6.07) is 0.718. The fraction of sp³-hybridized carbons (Fsp3) is 0.643. The maximum absolute atomic E-state index is 12.8. The Kier molecular flexibility index (Phi) is 3.49. The van der Waals surface area contributed by atoms with E-state index in [2.05, 4.69) is 14.9 Å². The second-order valence-corrected chi connectivity index (χ2v) is 5.94. The molecule has 1 saturated carbocycles. The summed E-state index contributed by atoms with van der Waals surface area (Å²) in [5.74, 6) is -0.655. The first kappa shape index (κ1) is 15.1. The van der Waals surface area contributed by atoms with E-state index < -0.39 is 17.8 Å². The van der Waals surface area contributed by atoms with E-state index in [4.69, 9.17) is 0 Å². The van der Waals surface area contributed by atoms with E-state index in [-0.39, 0.29) is 11.4 Å². The topological polar surface area (TPSA) is 55.3 Å². The second-order valence-electron chi connectivity index (χ2n) is 5.94. The standard InChI is InChI=1S/C14H16F3N3O2/c1-22-12(21)9-8-10(14(15,16)17)18-19-11(9)20-6-4-13(2-3-13)5-7-20/h8H,2-7H2,1H3. The number of methoxy groups -OCH3 is 1. The molecule has 8 heteroatoms. The Balaban J connectivity index is 1.90. The van der Waals surface area contributed by atoms with Gasteiger partial charge in [-0.1, -0.05) is 0 Å². The van der Waals surface area contributed by atoms with Crippen LogP contribution in [0.15, 0.2) is 6.07 Å². The van der Waals surface area contributed by atoms with Crippen LogP contribution in [-0.4, -0.2) is 36.4 Å². The van der Waals surface area contributed by atoms with Crippen LogP contribution >= 0.6 is 0 Å². The predicted octanol–water partition coefficient (Wildman–Crippen LogP) is 2.66. The number of alkyl halides is 3. The average Bonchev–Trinajstić information content (AvgIpc) is 3.25. The van der Waals surface area contributed by atoms with Gasteiger partial charge in [0.1, 0.15) is 5.56 Å². The van der Waals surface area contributed by atoms with E-state index >= 15 is 0 Å². The van der Waals surface area contributed by atoms with Crippen LogP contribution in [0.2, 0.25) is 0 Å². The molecular weight excluding hydrogens is 299 g/mol. The molecule has 0 N–H and O–H groups in total. The largest absolute Gasteiger partial charge is 0.465 e. The van der Waals surface area contributed by atoms with Crippen LogP contribution in [0.25, 0.3) is 0 Å². The first-order valence-corrected chi connectivity index (χ1v) is 7.13. The molecule has 5 nitrogen and oxygen atoms in total. The third-order valence-electron chi connectivity index (χ3n) is 4.55. The molecule has 1 spiro atoms. The number of piperidine rings is 1. The van der Waals surface area contributed by atoms with E-state index in [1.54, 1.807) is 0 Å². The molecular formula is C14H16F3N3O2. The number of rotatable bonds is 2. The van der Waals surface area contributed by atoms with Crippen molar-refractivity contribution in [2.75, 3.05) is 25.1 Å². The summed E-state index contributed by atoms with van der Waals surface area (Å²) < 4.78 is 42.8. The summed E-state index contributed by atoms with van der Waals surface area (Å²) in [6.07, 6.45) is -0.284. The Morgan fingerprint density at radius 2 is 1.86 bits per heavy atom. The Morgan fingerprint density at radius 3 is 2.36 bits per heavy atom. The van der Waals surface area contributed by atoms with Gasteiger partial charge < -0.3 is 9.64 Å². The highest BCUT2D eigenvalue weighted by Gasteiger charge is 2.45. The van der Waals surface area contributed by atoms with Gasteiger partial charge in [0.15, 0.2) is 11.5 Å². The molecule has 0 amide bonds. The van der Waals surface area contributed by atoms with Crippen LogP contribution in [0.5, 0.6) is 0 Å². The quantitative estimate of drug-likeness (QED) is 0.785. The van der Waals surface area contributed by atoms with Crippen LogP contribution in [-0.2, 0) is 10.9 Å². The molecule has 0 radical (unpaired) electrons. The van der Waals surface area contributed by atoms with Crippen LogP contribution < -0.4 is 4.90 Å². The zero-order valence-corrected chi connectivity index (χ0v) is 12.1. The lowest BCUT2D eigenvalue weighted by atomic mass is 9.93. The maximum Gasteiger partial charge on any atom is 0.435 e. The van der Waals surface area contributed by atoms with E-state index in [1.165, 1.54) is 12.8 Å². The molecule has 3 rings (SSSR count). The SMILES string of the molecule is COC(=O)c1cc(C(F)(F)F)nnc1N1CCC2(CC1)CC2. The Morgan fingerprint density at radius 1 is 1.23 bits per heavy atom. The number of carbonyl (C=O) groups excluding carboxylic acids is 1. The molecule has 120 valence electrons. The minimum atomic E-state index is -4.64. The summed E-state index contributed by atoms with van der Waals surface area (Å²) in [7, 11) is 1.13. The van der Waals surface area contributed by atoms with Crippen molar-refractivity contribution in [3.05, 3.63) is 17.3 Å². The second kappa shape index (κ2) is 5.10. The third kappa shape index (κ3) is 2.74. The minimum absolute atomic E-state index is 0.176. The molecule has 1 aliphatic carbocycles. The smallest absolute Gasteiger partial charge is 0.435 e. The summed E-state index contributed by atoms with van der Waals surface area (Å²) >= 11 is 0. The molecule has 2 fully saturated rings. The number of hydrogen-bond acceptors (Lipinski definition) is 5. The van der Waals surface area contributed by atoms with Crippen molar-refractivity contribution in [3.63, 3.8) is 0 Å². The lowest BCUT2D eigenvalue weighted by Gasteiger charge is -2.33. The number of hydrogen-bond donors (Lipinski definition) is 0. The van der Waals surface area contributed by atoms with Crippen LogP contribution in [0.4, 0.5) is 19.0 Å². The summed E-state index contributed by atoms with van der Waals surface area (Å²) in [4.78, 5) is 13.6. The first-order chi connectivity index (χ1) is 10.3. The molecule has 0 atom stereocenters. The number of halogens is 3. The van der Waals surface area contributed by atoms with Gasteiger partial charge in [0, 0.05) is 13.1 Å². The fourth-order valence-electron chi connectivity index (χ4n) is 2.89. The monoisotopic (exact) mass is 315 g/mol. The number of ether oxygens (including phenoxy) is 1. The summed E-state index contributed by atoms with van der Waals surface area (Å²) in [5.41, 5.74) is -0.953. The van der Waals surface area contributed by atoms with Crippen molar-refractivity contribution in [2.45, 2.75) is 31.9 Å². The van der Waals surface area contributed by atoms with Crippen LogP contribution in [0.1, 0.15) is 41.7 Å². The number of esters is 1. The molecule has 2 heterocycles. The summed E-state index contributed by atoms with van der Waals surface area (Å²) in [5, 5.41) is 6.89. The fourth-order valence-corrected chi connectivity index (χ4v) is 2.89. The zero-order valence-electron chi connectivity index (χ0n) is 12.1. The number of aromatic nitrogens is 2. The van der Waals surface area contributed by atoms with Gasteiger partial charge in [0.05, 0.1) is 7.11 Å². The van der Waals surface area contributed by atoms with Gasteiger partial charge in [-0.2, -0.15) is 13.2 Å². The lowest BCUT2D eigenvalue weighted by Crippen LogP contribution is -2.36. The van der Waals surface area contributed by atoms with Crippen molar-refractivity contribution in [2.24, 2.45) is 5.41 Å². The molecule has 22 heavy (non-hydrogen) atoms. The molecule has 2 aliphatic rings. The van der Waals surface area contributed by atoms with Gasteiger partial charge in [-0.05, 0) is 37.2 Å². The molecule has 1 saturated heterocycles. The van der Waals surface area contributed by atoms with Crippen LogP contribution in [0.3, 0.4) is 0 Å². The van der Waals surface area contributed by atoms with Gasteiger partial charge in [-0.15, -0.1) is 10.2 Å². The molecule has 0 aromatic carbocycles. The van der Waals surface area contributed by atoms with Gasteiger partial charge in [0.2, 0.25) is 0 Å². The van der Waals surface area contributed by atoms with E-state index in [0.717, 1.165) is 26.0 Å². The Labute approximate surface area is 125 Å². The normalized spacial score (nSPS) is 20.1. The Bertz CT molecular complexity index is 589. The molecule has 1 aliphatic heterocycles. The molecule has 0 bridgehead atoms. The highest BCUT2D eigenvalue weighted by atomic mass is 19.4. The minimum Gasteiger partial charge on any atom is -0.465 e. The van der Waals surface area contributed by atoms with Crippen molar-refractivity contribution in [1.82, 2.24) is 10.2 Å². The van der Waals surface area contributed by atoms with Gasteiger partial charge in [-0.3, -0.25) is 0 Å². The van der Waals surface area contributed by atoms with E-state index in [1.807, 2.05) is 4.90 Å². The zero-order chi connectivity index (χ0) is 16.0. The van der Waals surface area contributed by atoms with Crippen molar-refractivity contribution in [1.29, 1.82) is 0 Å². The number of nitrogens with zero attached hydrogens (tertiary/aromatic N) is 3. The lowest BCUT2D eigenvalue weighted by molar-refractivity contribution is -0.141.